The van der Waals surface area contributed by atoms with Crippen LogP contribution in [0.3, 0.4) is 0 Å². The van der Waals surface area contributed by atoms with Crippen LogP contribution in [0.2, 0.25) is 0 Å². The number of nitrogens with one attached hydrogen (secondary N) is 1. The monoisotopic (exact) mass is 410 g/mol. The zero-order valence-electron chi connectivity index (χ0n) is 16.5. The fourth-order valence-electron chi connectivity index (χ4n) is 3.26. The topological polar surface area (TPSA) is 139 Å². The third-order valence-corrected chi connectivity index (χ3v) is 4.65. The molecule has 0 bridgehead atoms. The van der Waals surface area contributed by atoms with E-state index in [2.05, 4.69) is 14.8 Å². The first-order chi connectivity index (χ1) is 13.8. The number of amides is 1. The van der Waals surface area contributed by atoms with Crippen molar-refractivity contribution < 1.29 is 38.1 Å². The summed E-state index contributed by atoms with van der Waals surface area (Å²) in [5.74, 6) is -2.14. The second kappa shape index (κ2) is 9.22. The highest BCUT2D eigenvalue weighted by atomic mass is 16.5. The number of fused-ring (bicyclic) bond motifs is 1. The number of carbonyl (C=O) groups excluding carboxylic acids is 4. The number of alkyl carbamates (subject to hydrolysis) is 1. The van der Waals surface area contributed by atoms with Crippen LogP contribution >= 0.6 is 0 Å². The summed E-state index contributed by atoms with van der Waals surface area (Å²) in [6.45, 7) is 0. The molecule has 1 aliphatic rings. The van der Waals surface area contributed by atoms with Crippen molar-refractivity contribution in [2.45, 2.75) is 31.3 Å². The van der Waals surface area contributed by atoms with Gasteiger partial charge >= 0.3 is 24.0 Å². The van der Waals surface area contributed by atoms with E-state index in [1.54, 1.807) is 0 Å². The molecule has 2 heterocycles. The Kier molecular flexibility index (Phi) is 6.97. The zero-order valence-corrected chi connectivity index (χ0v) is 16.5. The molecule has 158 valence electrons. The van der Waals surface area contributed by atoms with Crippen LogP contribution in [0.4, 0.5) is 4.79 Å². The molecule has 1 aromatic heterocycles. The second-order valence-corrected chi connectivity index (χ2v) is 6.19. The molecular formula is C18H22N2O9. The molecule has 0 fully saturated rings. The van der Waals surface area contributed by atoms with Crippen LogP contribution in [-0.4, -0.2) is 63.0 Å². The summed E-state index contributed by atoms with van der Waals surface area (Å²) in [6.07, 6.45) is -0.627. The predicted octanol–water partition coefficient (Wildman–Crippen LogP) is -0.265. The lowest BCUT2D eigenvalue weighted by Crippen LogP contribution is -2.44. The van der Waals surface area contributed by atoms with Gasteiger partial charge in [0.05, 0.1) is 34.0 Å². The Balaban J connectivity index is 2.58. The fourth-order valence-corrected chi connectivity index (χ4v) is 3.26. The molecule has 0 aliphatic carbocycles. The van der Waals surface area contributed by atoms with E-state index in [0.29, 0.717) is 12.1 Å². The van der Waals surface area contributed by atoms with Crippen molar-refractivity contribution in [3.63, 3.8) is 0 Å². The normalized spacial score (nSPS) is 15.7. The van der Waals surface area contributed by atoms with Gasteiger partial charge in [-0.15, -0.1) is 0 Å². The Labute approximate surface area is 165 Å². The summed E-state index contributed by atoms with van der Waals surface area (Å²) in [7, 11) is 4.62. The van der Waals surface area contributed by atoms with Crippen LogP contribution in [0, 0.1) is 0 Å². The van der Waals surface area contributed by atoms with Gasteiger partial charge in [0.15, 0.2) is 0 Å². The second-order valence-electron chi connectivity index (χ2n) is 6.19. The number of pyridine rings is 1. The minimum absolute atomic E-state index is 0.0109. The van der Waals surface area contributed by atoms with E-state index >= 15 is 0 Å². The van der Waals surface area contributed by atoms with Gasteiger partial charge in [-0.3, -0.25) is 9.36 Å². The first-order valence-corrected chi connectivity index (χ1v) is 8.64. The first-order valence-electron chi connectivity index (χ1n) is 8.64. The Bertz CT molecular complexity index is 890. The predicted molar refractivity (Wildman–Crippen MR) is 96.5 cm³/mol. The standard InChI is InChI=1S/C18H22N2O9/c1-26-15(22)10-7-9(8-11(16(23)27-2)19-18(25)29-4)14(21)20-12(10)5-6-13(20)17(24)28-3/h7,11,13H,5-6,8H2,1-4H3,(H,19,25). The smallest absolute Gasteiger partial charge is 0.407 e. The lowest BCUT2D eigenvalue weighted by molar-refractivity contribution is -0.144. The summed E-state index contributed by atoms with van der Waals surface area (Å²) in [6, 6.07) is -0.854. The van der Waals surface area contributed by atoms with Crippen LogP contribution in [0.15, 0.2) is 10.9 Å². The van der Waals surface area contributed by atoms with Gasteiger partial charge in [0.1, 0.15) is 12.1 Å². The van der Waals surface area contributed by atoms with E-state index < -0.39 is 41.6 Å². The van der Waals surface area contributed by atoms with Crippen LogP contribution in [0.5, 0.6) is 0 Å². The van der Waals surface area contributed by atoms with E-state index in [1.807, 2.05) is 0 Å². The number of hydrogen-bond donors (Lipinski definition) is 1. The van der Waals surface area contributed by atoms with E-state index in [1.165, 1.54) is 24.9 Å². The third kappa shape index (κ3) is 4.39. The molecule has 0 saturated carbocycles. The summed E-state index contributed by atoms with van der Waals surface area (Å²) in [5, 5.41) is 2.28. The Hall–Kier alpha value is -3.37. The number of esters is 3. The first kappa shape index (κ1) is 21.9. The quantitative estimate of drug-likeness (QED) is 0.496. The van der Waals surface area contributed by atoms with Crippen LogP contribution in [0.1, 0.15) is 34.1 Å². The molecule has 11 heteroatoms. The van der Waals surface area contributed by atoms with Crippen molar-refractivity contribution in [3.05, 3.63) is 33.2 Å². The lowest BCUT2D eigenvalue weighted by atomic mass is 10.0. The molecule has 0 radical (unpaired) electrons. The summed E-state index contributed by atoms with van der Waals surface area (Å²) in [4.78, 5) is 61.0. The molecule has 2 rings (SSSR count). The fraction of sp³-hybridized carbons (Fsp3) is 0.500. The largest absolute Gasteiger partial charge is 0.467 e. The van der Waals surface area contributed by atoms with Crippen LogP contribution in [-0.2, 0) is 41.4 Å². The van der Waals surface area contributed by atoms with Gasteiger partial charge in [0, 0.05) is 17.7 Å². The van der Waals surface area contributed by atoms with Crippen LogP contribution in [0.25, 0.3) is 0 Å². The van der Waals surface area contributed by atoms with Crippen molar-refractivity contribution in [1.29, 1.82) is 0 Å². The number of ether oxygens (including phenoxy) is 4. The molecule has 2 unspecified atom stereocenters. The van der Waals surface area contributed by atoms with Crippen LogP contribution < -0.4 is 10.9 Å². The maximum atomic E-state index is 13.1. The highest BCUT2D eigenvalue weighted by Gasteiger charge is 2.35. The van der Waals surface area contributed by atoms with Crippen molar-refractivity contribution >= 4 is 24.0 Å². The van der Waals surface area contributed by atoms with E-state index in [0.717, 1.165) is 14.2 Å². The minimum atomic E-state index is -1.25. The molecule has 0 saturated heterocycles. The highest BCUT2D eigenvalue weighted by molar-refractivity contribution is 5.91. The molecule has 29 heavy (non-hydrogen) atoms. The lowest BCUT2D eigenvalue weighted by Gasteiger charge is -2.19. The van der Waals surface area contributed by atoms with Crippen molar-refractivity contribution in [3.8, 4) is 0 Å². The highest BCUT2D eigenvalue weighted by Crippen LogP contribution is 2.28. The molecule has 1 N–H and O–H groups in total. The van der Waals surface area contributed by atoms with E-state index in [-0.39, 0.29) is 24.0 Å². The number of rotatable bonds is 6. The molecular weight excluding hydrogens is 388 g/mol. The number of carbonyl (C=O) groups is 4. The maximum absolute atomic E-state index is 13.1. The molecule has 11 nitrogen and oxygen atoms in total. The summed E-state index contributed by atoms with van der Waals surface area (Å²) < 4.78 is 19.9. The SMILES string of the molecule is COC(=O)NC(Cc1cc(C(=O)OC)c2n(c1=O)C(C(=O)OC)CC2)C(=O)OC. The Morgan fingerprint density at radius 3 is 2.34 bits per heavy atom. The van der Waals surface area contributed by atoms with Crippen molar-refractivity contribution in [2.75, 3.05) is 28.4 Å². The Morgan fingerprint density at radius 1 is 1.10 bits per heavy atom. The number of nitrogens with zero attached hydrogens (tertiary/aromatic N) is 1. The average Bonchev–Trinajstić information content (AvgIpc) is 3.18. The van der Waals surface area contributed by atoms with E-state index in [4.69, 9.17) is 9.47 Å². The molecule has 0 spiro atoms. The van der Waals surface area contributed by atoms with Gasteiger partial charge in [-0.2, -0.15) is 0 Å². The summed E-state index contributed by atoms with van der Waals surface area (Å²) >= 11 is 0. The molecule has 1 aromatic rings. The van der Waals surface area contributed by atoms with Gasteiger partial charge in [0.25, 0.3) is 5.56 Å². The molecule has 1 amide bonds. The number of methoxy groups -OCH3 is 4. The van der Waals surface area contributed by atoms with Gasteiger partial charge < -0.3 is 24.3 Å². The Morgan fingerprint density at radius 2 is 1.79 bits per heavy atom. The zero-order chi connectivity index (χ0) is 21.7. The van der Waals surface area contributed by atoms with Gasteiger partial charge in [-0.1, -0.05) is 0 Å². The van der Waals surface area contributed by atoms with Gasteiger partial charge in [0.2, 0.25) is 0 Å². The minimum Gasteiger partial charge on any atom is -0.467 e. The number of hydrogen-bond acceptors (Lipinski definition) is 9. The number of aromatic nitrogens is 1. The van der Waals surface area contributed by atoms with Crippen molar-refractivity contribution in [1.82, 2.24) is 9.88 Å². The van der Waals surface area contributed by atoms with Gasteiger partial charge in [-0.05, 0) is 18.9 Å². The molecule has 2 atom stereocenters. The molecule has 1 aliphatic heterocycles. The van der Waals surface area contributed by atoms with Gasteiger partial charge in [-0.25, -0.2) is 19.2 Å². The summed E-state index contributed by atoms with van der Waals surface area (Å²) in [5.41, 5.74) is -0.135. The average molecular weight is 410 g/mol. The third-order valence-electron chi connectivity index (χ3n) is 4.65. The van der Waals surface area contributed by atoms with Crippen molar-refractivity contribution in [2.24, 2.45) is 0 Å². The maximum Gasteiger partial charge on any atom is 0.407 e. The molecule has 0 aromatic carbocycles. The van der Waals surface area contributed by atoms with E-state index in [9.17, 15) is 24.0 Å².